The van der Waals surface area contributed by atoms with Crippen molar-refractivity contribution in [1.29, 1.82) is 0 Å². The Labute approximate surface area is 209 Å². The molecule has 1 aromatic heterocycles. The third kappa shape index (κ3) is 5.72. The highest BCUT2D eigenvalue weighted by atomic mass is 16.5. The van der Waals surface area contributed by atoms with Crippen molar-refractivity contribution in [3.8, 4) is 0 Å². The lowest BCUT2D eigenvalue weighted by Crippen LogP contribution is -2.45. The zero-order valence-electron chi connectivity index (χ0n) is 20.0. The summed E-state index contributed by atoms with van der Waals surface area (Å²) < 4.78 is 10.1. The normalized spacial score (nSPS) is 17.8. The van der Waals surface area contributed by atoms with Gasteiger partial charge in [-0.05, 0) is 36.1 Å². The lowest BCUT2D eigenvalue weighted by atomic mass is 9.71. The molecular formula is C28H29N3O5. The van der Waals surface area contributed by atoms with Crippen LogP contribution >= 0.6 is 0 Å². The predicted molar refractivity (Wildman–Crippen MR) is 136 cm³/mol. The number of ketones is 1. The smallest absolute Gasteiger partial charge is 0.411 e. The molecule has 0 saturated carbocycles. The number of fused-ring (bicyclic) bond motifs is 1. The van der Waals surface area contributed by atoms with Gasteiger partial charge in [0.15, 0.2) is 5.78 Å². The van der Waals surface area contributed by atoms with Crippen LogP contribution in [0.4, 0.5) is 4.79 Å². The first kappa shape index (κ1) is 24.9. The zero-order chi connectivity index (χ0) is 25.5. The van der Waals surface area contributed by atoms with Crippen molar-refractivity contribution >= 4 is 28.7 Å². The van der Waals surface area contributed by atoms with Crippen LogP contribution in [-0.2, 0) is 32.1 Å². The van der Waals surface area contributed by atoms with Gasteiger partial charge in [-0.15, -0.1) is 0 Å². The predicted octanol–water partition coefficient (Wildman–Crippen LogP) is 3.93. The molecule has 0 saturated heterocycles. The lowest BCUT2D eigenvalue weighted by molar-refractivity contribution is -0.146. The Morgan fingerprint density at radius 1 is 1.11 bits per heavy atom. The summed E-state index contributed by atoms with van der Waals surface area (Å²) in [5, 5.41) is 3.67. The summed E-state index contributed by atoms with van der Waals surface area (Å²) in [4.78, 5) is 41.2. The number of aromatic amines is 1. The molecule has 8 heteroatoms. The number of ether oxygens (including phenoxy) is 2. The average Bonchev–Trinajstić information content (AvgIpc) is 3.31. The number of nitrogens with two attached hydrogens (primary N) is 1. The summed E-state index contributed by atoms with van der Waals surface area (Å²) in [6, 6.07) is 16.3. The summed E-state index contributed by atoms with van der Waals surface area (Å²) in [5.41, 5.74) is 8.45. The van der Waals surface area contributed by atoms with Gasteiger partial charge >= 0.3 is 12.1 Å². The number of benzene rings is 2. The molecule has 1 aliphatic carbocycles. The van der Waals surface area contributed by atoms with Gasteiger partial charge in [0.1, 0.15) is 6.61 Å². The van der Waals surface area contributed by atoms with E-state index in [9.17, 15) is 14.4 Å². The molecule has 186 valence electrons. The second kappa shape index (κ2) is 11.0. The van der Waals surface area contributed by atoms with Gasteiger partial charge in [0.2, 0.25) is 0 Å². The number of carbonyl (C=O) groups excluding carboxylic acids is 3. The molecule has 1 unspecified atom stereocenters. The molecule has 4 rings (SSSR count). The maximum absolute atomic E-state index is 13.6. The summed E-state index contributed by atoms with van der Waals surface area (Å²) in [6.07, 6.45) is 6.53. The van der Waals surface area contributed by atoms with Crippen molar-refractivity contribution in [2.75, 3.05) is 7.11 Å². The third-order valence-corrected chi connectivity index (χ3v) is 6.36. The molecule has 1 aliphatic rings. The number of carbonyl (C=O) groups is 3. The first-order chi connectivity index (χ1) is 17.4. The Morgan fingerprint density at radius 3 is 2.58 bits per heavy atom. The molecule has 1 amide bonds. The van der Waals surface area contributed by atoms with Crippen molar-refractivity contribution in [3.05, 3.63) is 95.8 Å². The number of hydrogen-bond donors (Lipinski definition) is 3. The summed E-state index contributed by atoms with van der Waals surface area (Å²) in [7, 11) is 1.28. The zero-order valence-corrected chi connectivity index (χ0v) is 20.0. The van der Waals surface area contributed by atoms with E-state index >= 15 is 0 Å². The number of Topliss-reactive ketones (excluding diaryl/α,β-unsaturated/α-hetero) is 1. The minimum absolute atomic E-state index is 0.136. The minimum Gasteiger partial charge on any atom is -0.469 e. The van der Waals surface area contributed by atoms with Gasteiger partial charge in [-0.1, -0.05) is 60.7 Å². The van der Waals surface area contributed by atoms with Gasteiger partial charge in [-0.2, -0.15) is 0 Å². The van der Waals surface area contributed by atoms with E-state index in [-0.39, 0.29) is 25.2 Å². The van der Waals surface area contributed by atoms with Crippen molar-refractivity contribution in [1.82, 2.24) is 10.3 Å². The molecule has 3 aromatic rings. The Morgan fingerprint density at radius 2 is 1.86 bits per heavy atom. The van der Waals surface area contributed by atoms with Crippen LogP contribution < -0.4 is 11.1 Å². The number of alkyl carbamates (subject to hydrolysis) is 1. The number of nitrogens with one attached hydrogen (secondary N) is 2. The Hall–Kier alpha value is -4.17. The van der Waals surface area contributed by atoms with Crippen LogP contribution in [0.2, 0.25) is 0 Å². The van der Waals surface area contributed by atoms with Gasteiger partial charge in [-0.25, -0.2) is 4.79 Å². The number of allylic oxidation sites excluding steroid dienone is 3. The number of methoxy groups -OCH3 is 1. The summed E-state index contributed by atoms with van der Waals surface area (Å²) in [6.45, 7) is 0.136. The fraction of sp³-hybridized carbons (Fsp3) is 0.250. The fourth-order valence-corrected chi connectivity index (χ4v) is 4.38. The van der Waals surface area contributed by atoms with Gasteiger partial charge in [-0.3, -0.25) is 14.9 Å². The van der Waals surface area contributed by atoms with E-state index in [4.69, 9.17) is 15.2 Å². The molecular weight excluding hydrogens is 458 g/mol. The molecule has 0 fully saturated rings. The quantitative estimate of drug-likeness (QED) is 0.393. The van der Waals surface area contributed by atoms with Crippen LogP contribution in [0, 0.1) is 5.41 Å². The van der Waals surface area contributed by atoms with Gasteiger partial charge in [0.25, 0.3) is 0 Å². The topological polar surface area (TPSA) is 124 Å². The first-order valence-electron chi connectivity index (χ1n) is 11.7. The lowest BCUT2D eigenvalue weighted by Gasteiger charge is -2.32. The maximum atomic E-state index is 13.6. The van der Waals surface area contributed by atoms with E-state index in [0.29, 0.717) is 12.1 Å². The largest absolute Gasteiger partial charge is 0.469 e. The second-order valence-electron chi connectivity index (χ2n) is 8.83. The highest BCUT2D eigenvalue weighted by Gasteiger charge is 2.41. The molecule has 4 N–H and O–H groups in total. The molecule has 36 heavy (non-hydrogen) atoms. The van der Waals surface area contributed by atoms with Crippen LogP contribution in [0.25, 0.3) is 10.9 Å². The van der Waals surface area contributed by atoms with Crippen LogP contribution in [0.3, 0.4) is 0 Å². The molecule has 0 aliphatic heterocycles. The molecule has 0 spiro atoms. The molecule has 2 atom stereocenters. The number of H-pyrrole nitrogens is 1. The third-order valence-electron chi connectivity index (χ3n) is 6.36. The average molecular weight is 488 g/mol. The Kier molecular flexibility index (Phi) is 7.65. The van der Waals surface area contributed by atoms with Gasteiger partial charge < -0.3 is 20.2 Å². The fourth-order valence-electron chi connectivity index (χ4n) is 4.38. The van der Waals surface area contributed by atoms with E-state index in [1.807, 2.05) is 60.8 Å². The maximum Gasteiger partial charge on any atom is 0.411 e. The number of para-hydroxylation sites is 1. The van der Waals surface area contributed by atoms with Gasteiger partial charge in [0, 0.05) is 22.8 Å². The van der Waals surface area contributed by atoms with E-state index in [0.717, 1.165) is 22.0 Å². The van der Waals surface area contributed by atoms with Crippen LogP contribution in [0.5, 0.6) is 0 Å². The monoisotopic (exact) mass is 487 g/mol. The van der Waals surface area contributed by atoms with Crippen LogP contribution in [0.1, 0.15) is 24.0 Å². The summed E-state index contributed by atoms with van der Waals surface area (Å²) in [5.74, 6) is -0.782. The Balaban J connectivity index is 1.43. The summed E-state index contributed by atoms with van der Waals surface area (Å²) >= 11 is 0. The molecule has 0 radical (unpaired) electrons. The van der Waals surface area contributed by atoms with Crippen molar-refractivity contribution in [3.63, 3.8) is 0 Å². The Bertz CT molecular complexity index is 1310. The number of hydrogen-bond acceptors (Lipinski definition) is 6. The van der Waals surface area contributed by atoms with E-state index in [1.165, 1.54) is 7.11 Å². The number of esters is 1. The molecule has 2 aromatic carbocycles. The number of aromatic nitrogens is 1. The number of rotatable bonds is 9. The number of amides is 1. The van der Waals surface area contributed by atoms with Crippen molar-refractivity contribution in [2.45, 2.75) is 31.9 Å². The van der Waals surface area contributed by atoms with E-state index in [1.54, 1.807) is 18.2 Å². The molecule has 8 nitrogen and oxygen atoms in total. The SMILES string of the molecule is COC(=O)CC1(C(=O)[C@@H](N)Cc2c[nH]c3ccccc23)C=CC(NC(=O)OCc2ccccc2)=CC1. The second-order valence-corrected chi connectivity index (χ2v) is 8.83. The van der Waals surface area contributed by atoms with Crippen LogP contribution in [-0.4, -0.2) is 36.0 Å². The minimum atomic E-state index is -1.17. The highest BCUT2D eigenvalue weighted by molar-refractivity contribution is 5.96. The van der Waals surface area contributed by atoms with Crippen molar-refractivity contribution < 1.29 is 23.9 Å². The standard InChI is InChI=1S/C28H29N3O5/c1-35-25(32)16-28(26(33)23(29)15-20-17-30-24-10-6-5-9-22(20)24)13-11-21(12-14-28)31-27(34)36-18-19-7-3-2-4-8-19/h2-13,17,23,30H,14-16,18,29H2,1H3,(H,31,34)/t23-,28?/m0/s1. The van der Waals surface area contributed by atoms with Crippen LogP contribution in [0.15, 0.2) is 84.7 Å². The van der Waals surface area contributed by atoms with E-state index in [2.05, 4.69) is 10.3 Å². The van der Waals surface area contributed by atoms with Gasteiger partial charge in [0.05, 0.1) is 25.0 Å². The highest BCUT2D eigenvalue weighted by Crippen LogP contribution is 2.36. The first-order valence-corrected chi connectivity index (χ1v) is 11.7. The van der Waals surface area contributed by atoms with Crippen molar-refractivity contribution in [2.24, 2.45) is 11.1 Å². The molecule has 1 heterocycles. The van der Waals surface area contributed by atoms with E-state index < -0.39 is 23.5 Å². The molecule has 0 bridgehead atoms.